The topological polar surface area (TPSA) is 9.23 Å². The molecule has 1 nitrogen and oxygen atoms in total. The van der Waals surface area contributed by atoms with Gasteiger partial charge in [-0.3, -0.25) is 0 Å². The number of alkyl halides is 5. The van der Waals surface area contributed by atoms with Crippen LogP contribution in [-0.2, 0) is 5.88 Å². The molecule has 0 spiro atoms. The highest BCUT2D eigenvalue weighted by molar-refractivity contribution is 6.17. The molecular weight excluding hydrogens is 248 g/mol. The lowest BCUT2D eigenvalue weighted by Gasteiger charge is -2.15. The number of ether oxygens (including phenoxy) is 1. The Bertz CT molecular complexity index is 326. The molecule has 0 aliphatic heterocycles. The van der Waals surface area contributed by atoms with Crippen LogP contribution >= 0.6 is 11.6 Å². The van der Waals surface area contributed by atoms with Gasteiger partial charge >= 0.3 is 12.3 Å². The van der Waals surface area contributed by atoms with Crippen LogP contribution in [0, 0.1) is 0 Å². The number of halogens is 5. The summed E-state index contributed by atoms with van der Waals surface area (Å²) in [6, 6.07) is 5.95. The van der Waals surface area contributed by atoms with Crippen molar-refractivity contribution in [3.05, 3.63) is 29.8 Å². The van der Waals surface area contributed by atoms with E-state index in [2.05, 4.69) is 4.74 Å². The van der Waals surface area contributed by atoms with Crippen LogP contribution in [-0.4, -0.2) is 19.0 Å². The average molecular weight is 257 g/mol. The first-order valence-electron chi connectivity index (χ1n) is 4.39. The molecule has 1 rings (SSSR count). The van der Waals surface area contributed by atoms with Crippen LogP contribution in [0.1, 0.15) is 5.56 Å². The highest BCUT2D eigenvalue weighted by atomic mass is 35.5. The molecule has 0 atom stereocenters. The lowest BCUT2D eigenvalue weighted by Crippen LogP contribution is -2.33. The normalized spacial score (nSPS) is 11.9. The molecule has 90 valence electrons. The summed E-state index contributed by atoms with van der Waals surface area (Å²) in [4.78, 5) is 0. The van der Waals surface area contributed by atoms with Gasteiger partial charge in [-0.15, -0.1) is 11.6 Å². The van der Waals surface area contributed by atoms with Crippen LogP contribution in [0.4, 0.5) is 17.6 Å². The summed E-state index contributed by atoms with van der Waals surface area (Å²) >= 11 is 5.51. The van der Waals surface area contributed by atoms with E-state index in [4.69, 9.17) is 11.6 Å². The summed E-state index contributed by atoms with van der Waals surface area (Å²) in [6.45, 7) is -1.34. The van der Waals surface area contributed by atoms with Crippen molar-refractivity contribution in [2.24, 2.45) is 0 Å². The van der Waals surface area contributed by atoms with Crippen LogP contribution in [0.15, 0.2) is 24.3 Å². The van der Waals surface area contributed by atoms with E-state index in [1.54, 1.807) is 12.1 Å². The van der Waals surface area contributed by atoms with Crippen LogP contribution in [0.3, 0.4) is 0 Å². The zero-order chi connectivity index (χ0) is 12.2. The van der Waals surface area contributed by atoms with Crippen molar-refractivity contribution < 1.29 is 22.3 Å². The number of hydrogen-bond acceptors (Lipinski definition) is 1. The Kier molecular flexibility index (Phi) is 4.41. The maximum absolute atomic E-state index is 12.5. The molecule has 0 aliphatic carbocycles. The fraction of sp³-hybridized carbons (Fsp3) is 0.400. The average Bonchev–Trinajstić information content (AvgIpc) is 2.27. The smallest absolute Gasteiger partial charge is 0.340 e. The van der Waals surface area contributed by atoms with E-state index in [0.29, 0.717) is 0 Å². The third kappa shape index (κ3) is 3.56. The summed E-state index contributed by atoms with van der Waals surface area (Å²) in [5.74, 6) is -3.74. The molecule has 6 heteroatoms. The van der Waals surface area contributed by atoms with Gasteiger partial charge < -0.3 is 4.74 Å². The lowest BCUT2D eigenvalue weighted by molar-refractivity contribution is -0.148. The Balaban J connectivity index is 2.54. The number of benzene rings is 1. The van der Waals surface area contributed by atoms with Crippen LogP contribution < -0.4 is 4.74 Å². The van der Waals surface area contributed by atoms with Crippen LogP contribution in [0.2, 0.25) is 0 Å². The molecule has 16 heavy (non-hydrogen) atoms. The van der Waals surface area contributed by atoms with E-state index in [0.717, 1.165) is 5.56 Å². The van der Waals surface area contributed by atoms with Crippen molar-refractivity contribution in [1.29, 1.82) is 0 Å². The van der Waals surface area contributed by atoms with Gasteiger partial charge in [0.1, 0.15) is 5.75 Å². The van der Waals surface area contributed by atoms with E-state index >= 15 is 0 Å². The maximum Gasteiger partial charge on any atom is 0.340 e. The van der Waals surface area contributed by atoms with Gasteiger partial charge in [-0.05, 0) is 17.7 Å². The molecule has 0 heterocycles. The second-order valence-electron chi connectivity index (χ2n) is 3.13. The molecule has 0 aliphatic rings. The minimum Gasteiger partial charge on any atom is -0.487 e. The van der Waals surface area contributed by atoms with Crippen molar-refractivity contribution in [2.45, 2.75) is 18.2 Å². The van der Waals surface area contributed by atoms with Crippen LogP contribution in [0.5, 0.6) is 5.75 Å². The van der Waals surface area contributed by atoms with E-state index < -0.39 is 19.0 Å². The second kappa shape index (κ2) is 5.39. The van der Waals surface area contributed by atoms with Gasteiger partial charge in [0.25, 0.3) is 0 Å². The predicted molar refractivity (Wildman–Crippen MR) is 52.4 cm³/mol. The monoisotopic (exact) mass is 256 g/mol. The van der Waals surface area contributed by atoms with Gasteiger partial charge in [0.05, 0.1) is 0 Å². The zero-order valence-corrected chi connectivity index (χ0v) is 8.85. The van der Waals surface area contributed by atoms with Crippen molar-refractivity contribution in [3.63, 3.8) is 0 Å². The molecular formula is C10H9ClF4O. The van der Waals surface area contributed by atoms with Crippen molar-refractivity contribution in [3.8, 4) is 5.75 Å². The number of rotatable bonds is 5. The van der Waals surface area contributed by atoms with E-state index in [-0.39, 0.29) is 11.6 Å². The van der Waals surface area contributed by atoms with Crippen molar-refractivity contribution >= 4 is 11.6 Å². The Hall–Kier alpha value is -0.970. The molecule has 0 saturated carbocycles. The molecule has 0 radical (unpaired) electrons. The molecule has 1 aromatic rings. The van der Waals surface area contributed by atoms with Gasteiger partial charge in [0.2, 0.25) is 0 Å². The van der Waals surface area contributed by atoms with E-state index in [1.165, 1.54) is 12.1 Å². The first kappa shape index (κ1) is 13.1. The fourth-order valence-electron chi connectivity index (χ4n) is 0.917. The van der Waals surface area contributed by atoms with E-state index in [9.17, 15) is 17.6 Å². The Morgan fingerprint density at radius 3 is 2.19 bits per heavy atom. The summed E-state index contributed by atoms with van der Waals surface area (Å²) in [5, 5.41) is 0. The summed E-state index contributed by atoms with van der Waals surface area (Å²) in [6.07, 6.45) is -3.73. The van der Waals surface area contributed by atoms with Gasteiger partial charge in [-0.1, -0.05) is 12.1 Å². The Morgan fingerprint density at radius 1 is 1.19 bits per heavy atom. The summed E-state index contributed by atoms with van der Waals surface area (Å²) < 4.78 is 53.1. The van der Waals surface area contributed by atoms with Crippen molar-refractivity contribution in [1.82, 2.24) is 0 Å². The Morgan fingerprint density at radius 2 is 1.75 bits per heavy atom. The number of hydrogen-bond donors (Lipinski definition) is 0. The minimum atomic E-state index is -4.13. The maximum atomic E-state index is 12.5. The van der Waals surface area contributed by atoms with Gasteiger partial charge in [0.15, 0.2) is 6.61 Å². The molecule has 0 bridgehead atoms. The zero-order valence-electron chi connectivity index (χ0n) is 8.10. The standard InChI is InChI=1S/C10H9ClF4O/c11-5-7-1-3-8(4-2-7)16-6-10(14,15)9(12)13/h1-4,9H,5-6H2. The second-order valence-corrected chi connectivity index (χ2v) is 3.40. The van der Waals surface area contributed by atoms with E-state index in [1.807, 2.05) is 0 Å². The summed E-state index contributed by atoms with van der Waals surface area (Å²) in [7, 11) is 0. The van der Waals surface area contributed by atoms with Gasteiger partial charge in [-0.25, -0.2) is 8.78 Å². The van der Waals surface area contributed by atoms with Crippen LogP contribution in [0.25, 0.3) is 0 Å². The minimum absolute atomic E-state index is 0.106. The van der Waals surface area contributed by atoms with Gasteiger partial charge in [-0.2, -0.15) is 8.78 Å². The SMILES string of the molecule is FC(F)C(F)(F)COc1ccc(CCl)cc1. The lowest BCUT2D eigenvalue weighted by atomic mass is 10.2. The fourth-order valence-corrected chi connectivity index (χ4v) is 1.10. The molecule has 0 aromatic heterocycles. The third-order valence-electron chi connectivity index (χ3n) is 1.83. The largest absolute Gasteiger partial charge is 0.487 e. The predicted octanol–water partition coefficient (Wildman–Crippen LogP) is 3.70. The molecule has 0 fully saturated rings. The molecule has 0 N–H and O–H groups in total. The first-order chi connectivity index (χ1) is 7.45. The quantitative estimate of drug-likeness (QED) is 0.576. The molecule has 1 aromatic carbocycles. The third-order valence-corrected chi connectivity index (χ3v) is 2.14. The molecule has 0 amide bonds. The highest BCUT2D eigenvalue weighted by Crippen LogP contribution is 2.24. The molecule has 0 saturated heterocycles. The summed E-state index contributed by atoms with van der Waals surface area (Å²) in [5.41, 5.74) is 0.787. The first-order valence-corrected chi connectivity index (χ1v) is 4.93. The van der Waals surface area contributed by atoms with Gasteiger partial charge in [0, 0.05) is 5.88 Å². The molecule has 0 unspecified atom stereocenters. The van der Waals surface area contributed by atoms with Crippen molar-refractivity contribution in [2.75, 3.05) is 6.61 Å². The highest BCUT2D eigenvalue weighted by Gasteiger charge is 2.41. The Labute approximate surface area is 95.0 Å².